The number of esters is 1. The van der Waals surface area contributed by atoms with E-state index in [0.29, 0.717) is 21.3 Å². The van der Waals surface area contributed by atoms with E-state index in [2.05, 4.69) is 46.5 Å². The highest BCUT2D eigenvalue weighted by molar-refractivity contribution is 7.71. The van der Waals surface area contributed by atoms with Crippen molar-refractivity contribution in [3.63, 3.8) is 0 Å². The molecule has 2 aromatic heterocycles. The van der Waals surface area contributed by atoms with Crippen molar-refractivity contribution >= 4 is 36.3 Å². The van der Waals surface area contributed by atoms with Crippen LogP contribution in [0.4, 0.5) is 0 Å². The highest BCUT2D eigenvalue weighted by atomic mass is 32.1. The fourth-order valence-electron chi connectivity index (χ4n) is 5.60. The van der Waals surface area contributed by atoms with Gasteiger partial charge in [0.25, 0.3) is 0 Å². The van der Waals surface area contributed by atoms with Crippen LogP contribution in [0.5, 0.6) is 0 Å². The highest BCUT2D eigenvalue weighted by Crippen LogP contribution is 2.39. The maximum Gasteiger partial charge on any atom is 0.338 e. The summed E-state index contributed by atoms with van der Waals surface area (Å²) in [4.78, 5) is 40.2. The molecule has 3 aromatic carbocycles. The second-order valence-corrected chi connectivity index (χ2v) is 10.9. The highest BCUT2D eigenvalue weighted by Gasteiger charge is 2.25. The van der Waals surface area contributed by atoms with Crippen LogP contribution in [-0.4, -0.2) is 43.0 Å². The van der Waals surface area contributed by atoms with Gasteiger partial charge in [0.1, 0.15) is 4.64 Å². The Morgan fingerprint density at radius 2 is 1.55 bits per heavy atom. The van der Waals surface area contributed by atoms with E-state index in [4.69, 9.17) is 17.0 Å². The van der Waals surface area contributed by atoms with Crippen LogP contribution >= 0.6 is 12.2 Å². The molecule has 0 amide bonds. The van der Waals surface area contributed by atoms with Gasteiger partial charge in [-0.2, -0.15) is 5.10 Å². The van der Waals surface area contributed by atoms with Crippen LogP contribution in [0.25, 0.3) is 12.2 Å². The minimum atomic E-state index is -1.08. The normalized spacial score (nSPS) is 12.3. The second kappa shape index (κ2) is 12.1. The van der Waals surface area contributed by atoms with E-state index in [1.165, 1.54) is 17.1 Å². The summed E-state index contributed by atoms with van der Waals surface area (Å²) in [7, 11) is 0. The average molecular weight is 605 g/mol. The summed E-state index contributed by atoms with van der Waals surface area (Å²) in [5, 5.41) is 13.4. The van der Waals surface area contributed by atoms with Gasteiger partial charge in [-0.25, -0.2) is 14.4 Å². The molecule has 0 fully saturated rings. The molecule has 220 valence electrons. The lowest BCUT2D eigenvalue weighted by Gasteiger charge is -2.22. The third-order valence-corrected chi connectivity index (χ3v) is 7.89. The minimum absolute atomic E-state index is 0.0576. The Bertz CT molecular complexity index is 2010. The Kier molecular flexibility index (Phi) is 7.91. The van der Waals surface area contributed by atoms with Gasteiger partial charge in [0.05, 0.1) is 37.0 Å². The first-order valence-electron chi connectivity index (χ1n) is 14.1. The van der Waals surface area contributed by atoms with Crippen molar-refractivity contribution < 1.29 is 19.4 Å². The molecule has 0 unspecified atom stereocenters. The van der Waals surface area contributed by atoms with E-state index in [1.807, 2.05) is 30.3 Å². The Morgan fingerprint density at radius 3 is 2.16 bits per heavy atom. The van der Waals surface area contributed by atoms with Crippen molar-refractivity contribution in [2.75, 3.05) is 6.61 Å². The second-order valence-electron chi connectivity index (χ2n) is 10.5. The molecular weight excluding hydrogens is 576 g/mol. The number of aromatic carboxylic acids is 1. The largest absolute Gasteiger partial charge is 0.478 e. The molecule has 0 aliphatic heterocycles. The van der Waals surface area contributed by atoms with Crippen molar-refractivity contribution in [3.8, 4) is 0 Å². The fourth-order valence-corrected chi connectivity index (χ4v) is 5.86. The minimum Gasteiger partial charge on any atom is -0.478 e. The van der Waals surface area contributed by atoms with Gasteiger partial charge in [-0.15, -0.1) is 0 Å². The van der Waals surface area contributed by atoms with Crippen molar-refractivity contribution in [3.05, 3.63) is 151 Å². The zero-order valence-electron chi connectivity index (χ0n) is 23.8. The molecule has 2 N–H and O–H groups in total. The standard InChI is InChI=1S/C34H28N4O5S/c1-2-43-33(41)25-14-21(13-22(15-25)18-38-19-26(16-35-38)32(39)40)17-37-20-29(31(44)36-34(37)42)30-27-9-5-3-7-23(27)11-12-24-8-4-6-10-28(24)30/h3-16,19-20,30H,2,17-18H2,1H3,(H,39,40)(H,36,42,44). The number of nitrogens with zero attached hydrogens (tertiary/aromatic N) is 3. The molecule has 9 nitrogen and oxygen atoms in total. The van der Waals surface area contributed by atoms with Crippen molar-refractivity contribution in [2.24, 2.45) is 0 Å². The number of carbonyl (C=O) groups is 2. The van der Waals surface area contributed by atoms with Gasteiger partial charge in [-0.3, -0.25) is 14.2 Å². The summed E-state index contributed by atoms with van der Waals surface area (Å²) in [5.74, 6) is -1.80. The van der Waals surface area contributed by atoms with Crippen LogP contribution in [0, 0.1) is 4.64 Å². The molecule has 1 aliphatic rings. The van der Waals surface area contributed by atoms with Crippen molar-refractivity contribution in [1.82, 2.24) is 19.3 Å². The summed E-state index contributed by atoms with van der Waals surface area (Å²) < 4.78 is 8.65. The molecule has 0 spiro atoms. The smallest absolute Gasteiger partial charge is 0.338 e. The maximum atomic E-state index is 13.3. The van der Waals surface area contributed by atoms with Gasteiger partial charge in [0.2, 0.25) is 0 Å². The number of hydrogen-bond acceptors (Lipinski definition) is 6. The van der Waals surface area contributed by atoms with Gasteiger partial charge >= 0.3 is 17.6 Å². The Hall–Kier alpha value is -5.35. The lowest BCUT2D eigenvalue weighted by molar-refractivity contribution is 0.0525. The third kappa shape index (κ3) is 5.80. The summed E-state index contributed by atoms with van der Waals surface area (Å²) >= 11 is 5.74. The molecule has 2 heterocycles. The van der Waals surface area contributed by atoms with Crippen LogP contribution in [0.3, 0.4) is 0 Å². The number of nitrogens with one attached hydrogen (secondary N) is 1. The molecule has 0 saturated heterocycles. The van der Waals surface area contributed by atoms with Crippen LogP contribution < -0.4 is 5.69 Å². The zero-order chi connectivity index (χ0) is 30.8. The van der Waals surface area contributed by atoms with E-state index in [-0.39, 0.29) is 36.9 Å². The summed E-state index contributed by atoms with van der Waals surface area (Å²) in [6, 6.07) is 21.5. The number of rotatable bonds is 8. The quantitative estimate of drug-likeness (QED) is 0.168. The number of hydrogen-bond donors (Lipinski definition) is 2. The van der Waals surface area contributed by atoms with Crippen LogP contribution in [0.1, 0.15) is 72.5 Å². The first-order valence-corrected chi connectivity index (χ1v) is 14.5. The maximum absolute atomic E-state index is 13.3. The van der Waals surface area contributed by atoms with Gasteiger partial charge in [-0.05, 0) is 52.4 Å². The molecule has 0 radical (unpaired) electrons. The van der Waals surface area contributed by atoms with Gasteiger partial charge in [0.15, 0.2) is 0 Å². The summed E-state index contributed by atoms with van der Waals surface area (Å²) in [6.07, 6.45) is 8.68. The molecule has 1 aliphatic carbocycles. The van der Waals surface area contributed by atoms with Gasteiger partial charge in [0, 0.05) is 23.9 Å². The van der Waals surface area contributed by atoms with Crippen LogP contribution in [-0.2, 0) is 17.8 Å². The molecule has 6 rings (SSSR count). The van der Waals surface area contributed by atoms with E-state index in [9.17, 15) is 19.5 Å². The number of carbonyl (C=O) groups excluding carboxylic acids is 1. The number of aromatic nitrogens is 4. The van der Waals surface area contributed by atoms with Crippen LogP contribution in [0.15, 0.2) is 90.1 Å². The number of benzene rings is 3. The Labute approximate surface area is 257 Å². The van der Waals surface area contributed by atoms with Gasteiger partial charge < -0.3 is 9.84 Å². The molecule has 10 heteroatoms. The van der Waals surface area contributed by atoms with E-state index < -0.39 is 11.9 Å². The first-order chi connectivity index (χ1) is 21.3. The zero-order valence-corrected chi connectivity index (χ0v) is 24.6. The van der Waals surface area contributed by atoms with E-state index >= 15 is 0 Å². The number of carboxylic acids is 1. The molecule has 5 aromatic rings. The van der Waals surface area contributed by atoms with Crippen molar-refractivity contribution in [1.29, 1.82) is 0 Å². The number of carboxylic acid groups (broad SMARTS) is 1. The molecule has 0 bridgehead atoms. The number of ether oxygens (including phenoxy) is 1. The fraction of sp³-hybridized carbons (Fsp3) is 0.147. The number of H-pyrrole nitrogens is 1. The predicted octanol–water partition coefficient (Wildman–Crippen LogP) is 5.74. The molecular formula is C34H28N4O5S. The van der Waals surface area contributed by atoms with E-state index in [0.717, 1.165) is 27.8 Å². The molecule has 0 atom stereocenters. The summed E-state index contributed by atoms with van der Waals surface area (Å²) in [5.41, 5.74) is 6.43. The van der Waals surface area contributed by atoms with Crippen molar-refractivity contribution in [2.45, 2.75) is 25.9 Å². The third-order valence-electron chi connectivity index (χ3n) is 7.55. The lowest BCUT2D eigenvalue weighted by Crippen LogP contribution is -2.25. The first kappa shape index (κ1) is 28.8. The predicted molar refractivity (Wildman–Crippen MR) is 168 cm³/mol. The SMILES string of the molecule is CCOC(=O)c1cc(Cn2cc(C(=O)O)cn2)cc(Cn2cc(C3c4ccccc4C=Cc4ccccc43)c(=S)[nH]c2=O)c1. The van der Waals surface area contributed by atoms with Crippen LogP contribution in [0.2, 0.25) is 0 Å². The molecule has 44 heavy (non-hydrogen) atoms. The summed E-state index contributed by atoms with van der Waals surface area (Å²) in [6.45, 7) is 2.29. The Balaban J connectivity index is 1.43. The Morgan fingerprint density at radius 1 is 0.909 bits per heavy atom. The number of aromatic amines is 1. The number of fused-ring (bicyclic) bond motifs is 2. The molecule has 0 saturated carbocycles. The topological polar surface area (TPSA) is 119 Å². The monoisotopic (exact) mass is 604 g/mol. The van der Waals surface area contributed by atoms with Gasteiger partial charge in [-0.1, -0.05) is 79.0 Å². The average Bonchev–Trinajstić information content (AvgIpc) is 3.41. The van der Waals surface area contributed by atoms with E-state index in [1.54, 1.807) is 29.8 Å². The lowest BCUT2D eigenvalue weighted by atomic mass is 9.83.